The molecule has 0 fully saturated rings. The minimum Gasteiger partial charge on any atom is -0.490 e. The number of unbranched alkanes of at least 4 members (excludes halogenated alkanes) is 2. The first-order valence-electron chi connectivity index (χ1n) is 10.8. The second-order valence-electron chi connectivity index (χ2n) is 6.82. The van der Waals surface area contributed by atoms with E-state index in [0.29, 0.717) is 26.4 Å². The first-order chi connectivity index (χ1) is 16.7. The van der Waals surface area contributed by atoms with Crippen molar-refractivity contribution in [2.75, 3.05) is 51.1 Å². The van der Waals surface area contributed by atoms with Crippen molar-refractivity contribution in [2.24, 2.45) is 0 Å². The average Bonchev–Trinajstić information content (AvgIpc) is 2.85. The third kappa shape index (κ3) is 10.4. The van der Waals surface area contributed by atoms with Crippen LogP contribution < -0.4 is 19.9 Å². The fraction of sp³-hybridized carbons (Fsp3) is 0.500. The van der Waals surface area contributed by atoms with Crippen molar-refractivity contribution in [2.45, 2.75) is 25.7 Å². The molecule has 0 aliphatic rings. The van der Waals surface area contributed by atoms with E-state index in [1.807, 2.05) is 24.3 Å². The van der Waals surface area contributed by atoms with Gasteiger partial charge in [-0.2, -0.15) is 46.3 Å². The van der Waals surface area contributed by atoms with Crippen molar-refractivity contribution in [3.63, 3.8) is 0 Å². The number of hydrogen-bond acceptors (Lipinski definition) is 10. The Hall–Kier alpha value is -2.86. The van der Waals surface area contributed by atoms with Gasteiger partial charge in [-0.05, 0) is 49.3 Å². The van der Waals surface area contributed by atoms with Crippen molar-refractivity contribution in [1.29, 1.82) is 21.0 Å². The lowest BCUT2D eigenvalue weighted by molar-refractivity contribution is 0.0965. The van der Waals surface area contributed by atoms with Crippen molar-refractivity contribution in [3.05, 3.63) is 22.6 Å². The molecule has 0 atom stereocenters. The van der Waals surface area contributed by atoms with Crippen LogP contribution in [0.1, 0.15) is 25.7 Å². The van der Waals surface area contributed by atoms with Crippen LogP contribution in [-0.4, -0.2) is 51.1 Å². The van der Waals surface area contributed by atoms with Crippen LogP contribution in [0.25, 0.3) is 11.1 Å². The molecule has 8 nitrogen and oxygen atoms in total. The standard InChI is InChI=1S/C24H28N4O4S2/c25-15-19(16-26)21-14-24(32-10-8-30-6-2-4-12-34)22(20(17-27)18-28)13-23(21)31-9-7-29-5-1-3-11-33/h13-14,33-34H,1-12H2. The van der Waals surface area contributed by atoms with E-state index in [2.05, 4.69) is 25.3 Å². The molecule has 1 aromatic carbocycles. The molecule has 180 valence electrons. The van der Waals surface area contributed by atoms with E-state index < -0.39 is 0 Å². The van der Waals surface area contributed by atoms with Crippen LogP contribution in [0.15, 0.2) is 12.1 Å². The Morgan fingerprint density at radius 3 is 1.29 bits per heavy atom. The van der Waals surface area contributed by atoms with Crippen molar-refractivity contribution in [1.82, 2.24) is 0 Å². The Morgan fingerprint density at radius 2 is 0.971 bits per heavy atom. The number of hydrogen-bond donors (Lipinski definition) is 2. The van der Waals surface area contributed by atoms with Crippen LogP contribution in [0, 0.1) is 45.3 Å². The van der Waals surface area contributed by atoms with Gasteiger partial charge in [0.1, 0.15) is 60.1 Å². The third-order valence-electron chi connectivity index (χ3n) is 4.43. The van der Waals surface area contributed by atoms with Gasteiger partial charge < -0.3 is 18.9 Å². The highest BCUT2D eigenvalue weighted by molar-refractivity contribution is 7.80. The highest BCUT2D eigenvalue weighted by Crippen LogP contribution is 2.11. The van der Waals surface area contributed by atoms with Crippen LogP contribution >= 0.6 is 25.3 Å². The lowest BCUT2D eigenvalue weighted by atomic mass is 10.1. The van der Waals surface area contributed by atoms with E-state index in [-0.39, 0.29) is 46.3 Å². The summed E-state index contributed by atoms with van der Waals surface area (Å²) in [6.07, 6.45) is 3.66. The second kappa shape index (κ2) is 18.6. The summed E-state index contributed by atoms with van der Waals surface area (Å²) in [7, 11) is 0. The van der Waals surface area contributed by atoms with Gasteiger partial charge in [0.15, 0.2) is 0 Å². The minimum atomic E-state index is -0.181. The highest BCUT2D eigenvalue weighted by atomic mass is 32.1. The molecular weight excluding hydrogens is 472 g/mol. The molecule has 0 radical (unpaired) electrons. The molecule has 0 aromatic heterocycles. The van der Waals surface area contributed by atoms with Gasteiger partial charge in [0.05, 0.1) is 13.2 Å². The van der Waals surface area contributed by atoms with E-state index in [9.17, 15) is 21.0 Å². The van der Waals surface area contributed by atoms with Crippen LogP contribution in [0.2, 0.25) is 0 Å². The third-order valence-corrected chi connectivity index (χ3v) is 5.06. The Morgan fingerprint density at radius 1 is 0.588 bits per heavy atom. The lowest BCUT2D eigenvalue weighted by Gasteiger charge is -2.12. The molecule has 0 saturated carbocycles. The van der Waals surface area contributed by atoms with E-state index >= 15 is 0 Å². The van der Waals surface area contributed by atoms with Crippen LogP contribution in [0.3, 0.4) is 0 Å². The minimum absolute atomic E-state index is 0.159. The quantitative estimate of drug-likeness (QED) is 0.261. The van der Waals surface area contributed by atoms with E-state index in [1.165, 1.54) is 12.1 Å². The number of thiol groups is 2. The number of nitriles is 4. The summed E-state index contributed by atoms with van der Waals surface area (Å²) in [5.41, 5.74) is -0.362. The molecule has 0 amide bonds. The Labute approximate surface area is 211 Å². The summed E-state index contributed by atoms with van der Waals surface area (Å²) in [5, 5.41) is 38.0. The van der Waals surface area contributed by atoms with E-state index in [1.54, 1.807) is 0 Å². The lowest BCUT2D eigenvalue weighted by Crippen LogP contribution is -2.22. The highest BCUT2D eigenvalue weighted by Gasteiger charge is 2.12. The zero-order valence-corrected chi connectivity index (χ0v) is 20.7. The first kappa shape index (κ1) is 29.2. The molecule has 34 heavy (non-hydrogen) atoms. The molecule has 0 unspecified atom stereocenters. The zero-order chi connectivity index (χ0) is 25.0. The molecule has 0 heterocycles. The monoisotopic (exact) mass is 500 g/mol. The fourth-order valence-corrected chi connectivity index (χ4v) is 3.18. The summed E-state index contributed by atoms with van der Waals surface area (Å²) in [6, 6.07) is 10.3. The van der Waals surface area contributed by atoms with Crippen LogP contribution in [-0.2, 0) is 9.47 Å². The van der Waals surface area contributed by atoms with Gasteiger partial charge in [-0.25, -0.2) is 0 Å². The zero-order valence-electron chi connectivity index (χ0n) is 19.0. The summed E-state index contributed by atoms with van der Waals surface area (Å²) < 4.78 is 22.5. The van der Waals surface area contributed by atoms with E-state index in [4.69, 9.17) is 18.9 Å². The fourth-order valence-electron chi connectivity index (χ4n) is 2.74. The molecule has 0 aliphatic heterocycles. The number of benzene rings is 1. The second-order valence-corrected chi connectivity index (χ2v) is 7.72. The van der Waals surface area contributed by atoms with Gasteiger partial charge in [0, 0.05) is 23.7 Å². The topological polar surface area (TPSA) is 132 Å². The molecule has 1 rings (SSSR count). The Bertz CT molecular complexity index is 947. The summed E-state index contributed by atoms with van der Waals surface area (Å²) in [4.78, 5) is 0. The molecule has 1 aromatic rings. The van der Waals surface area contributed by atoms with Crippen LogP contribution in [0.4, 0.5) is 0 Å². The molecule has 0 spiro atoms. The van der Waals surface area contributed by atoms with Crippen LogP contribution in [0.5, 0.6) is 11.5 Å². The molecule has 0 saturated heterocycles. The van der Waals surface area contributed by atoms with E-state index in [0.717, 1.165) is 37.2 Å². The summed E-state index contributed by atoms with van der Waals surface area (Å²) in [6.45, 7) is 2.05. The smallest absolute Gasteiger partial charge is 0.140 e. The number of nitrogens with zero attached hydrogens (tertiary/aromatic N) is 4. The molecular formula is C24H28N4O4S2. The van der Waals surface area contributed by atoms with Gasteiger partial charge in [-0.1, -0.05) is 0 Å². The van der Waals surface area contributed by atoms with Gasteiger partial charge in [-0.15, -0.1) is 0 Å². The maximum atomic E-state index is 9.40. The summed E-state index contributed by atoms with van der Waals surface area (Å²) >= 11 is 8.30. The van der Waals surface area contributed by atoms with Gasteiger partial charge >= 0.3 is 0 Å². The normalized spacial score (nSPS) is 9.82. The van der Waals surface area contributed by atoms with Crippen molar-refractivity contribution < 1.29 is 18.9 Å². The van der Waals surface area contributed by atoms with Crippen molar-refractivity contribution in [3.8, 4) is 35.8 Å². The molecule has 0 N–H and O–H groups in total. The summed E-state index contributed by atoms with van der Waals surface area (Å²) in [5.74, 6) is 1.95. The Kier molecular flexibility index (Phi) is 15.9. The average molecular weight is 501 g/mol. The number of ether oxygens (including phenoxy) is 4. The maximum absolute atomic E-state index is 9.40. The SMILES string of the molecule is N#CC(C#N)=c1cc(OCCOCCCCS)c(=C(C#N)C#N)cc1OCCOCCCCS. The molecule has 0 aliphatic carbocycles. The largest absolute Gasteiger partial charge is 0.490 e. The predicted molar refractivity (Wildman–Crippen MR) is 134 cm³/mol. The molecule has 0 bridgehead atoms. The van der Waals surface area contributed by atoms with Crippen molar-refractivity contribution >= 4 is 36.4 Å². The maximum Gasteiger partial charge on any atom is 0.140 e. The Balaban J connectivity index is 3.17. The van der Waals surface area contributed by atoms with Gasteiger partial charge in [0.25, 0.3) is 0 Å². The number of rotatable bonds is 16. The predicted octanol–water partition coefficient (Wildman–Crippen LogP) is 2.29. The van der Waals surface area contributed by atoms with Gasteiger partial charge in [0.2, 0.25) is 0 Å². The first-order valence-corrected chi connectivity index (χ1v) is 12.1. The molecule has 10 heteroatoms. The van der Waals surface area contributed by atoms with Gasteiger partial charge in [-0.3, -0.25) is 0 Å².